The van der Waals surface area contributed by atoms with Gasteiger partial charge in [-0.3, -0.25) is 0 Å². The molecule has 0 amide bonds. The van der Waals surface area contributed by atoms with Gasteiger partial charge in [-0.2, -0.15) is 10.2 Å². The third-order valence-corrected chi connectivity index (χ3v) is 6.57. The molecule has 170 valence electrons. The SMILES string of the molecule is C=C(C)C(=O)OCCN(C)c1ccc(/N=N/c2ccc(S(=O)(=O)c3ccccc3)cc2)cc1. The van der Waals surface area contributed by atoms with Gasteiger partial charge in [0, 0.05) is 18.3 Å². The van der Waals surface area contributed by atoms with Crippen molar-refractivity contribution in [2.45, 2.75) is 16.7 Å². The van der Waals surface area contributed by atoms with Crippen LogP contribution in [0.4, 0.5) is 17.1 Å². The Kier molecular flexibility index (Phi) is 7.74. The predicted molar refractivity (Wildman–Crippen MR) is 128 cm³/mol. The number of hydrogen-bond acceptors (Lipinski definition) is 7. The summed E-state index contributed by atoms with van der Waals surface area (Å²) in [5.41, 5.74) is 2.51. The van der Waals surface area contributed by atoms with Crippen molar-refractivity contribution in [3.05, 3.63) is 91.0 Å². The van der Waals surface area contributed by atoms with Gasteiger partial charge in [-0.1, -0.05) is 24.8 Å². The Morgan fingerprint density at radius 3 is 1.94 bits per heavy atom. The van der Waals surface area contributed by atoms with Crippen LogP contribution in [0.3, 0.4) is 0 Å². The van der Waals surface area contributed by atoms with Crippen LogP contribution in [0.2, 0.25) is 0 Å². The van der Waals surface area contributed by atoms with Crippen LogP contribution >= 0.6 is 0 Å². The maximum Gasteiger partial charge on any atom is 0.333 e. The van der Waals surface area contributed by atoms with E-state index in [-0.39, 0.29) is 16.4 Å². The lowest BCUT2D eigenvalue weighted by molar-refractivity contribution is -0.138. The number of anilines is 1. The van der Waals surface area contributed by atoms with E-state index < -0.39 is 15.8 Å². The summed E-state index contributed by atoms with van der Waals surface area (Å²) >= 11 is 0. The van der Waals surface area contributed by atoms with Crippen molar-refractivity contribution >= 4 is 32.9 Å². The largest absolute Gasteiger partial charge is 0.460 e. The van der Waals surface area contributed by atoms with Gasteiger partial charge < -0.3 is 9.64 Å². The van der Waals surface area contributed by atoms with Gasteiger partial charge in [0.2, 0.25) is 9.84 Å². The molecule has 33 heavy (non-hydrogen) atoms. The smallest absolute Gasteiger partial charge is 0.333 e. The quantitative estimate of drug-likeness (QED) is 0.238. The van der Waals surface area contributed by atoms with E-state index in [4.69, 9.17) is 4.74 Å². The summed E-state index contributed by atoms with van der Waals surface area (Å²) in [5.74, 6) is -0.398. The van der Waals surface area contributed by atoms with E-state index in [0.717, 1.165) is 5.69 Å². The molecule has 0 saturated carbocycles. The molecule has 0 heterocycles. The fraction of sp³-hybridized carbons (Fsp3) is 0.160. The summed E-state index contributed by atoms with van der Waals surface area (Å²) in [6.45, 7) is 5.97. The molecule has 0 aromatic heterocycles. The van der Waals surface area contributed by atoms with E-state index in [2.05, 4.69) is 16.8 Å². The highest BCUT2D eigenvalue weighted by atomic mass is 32.2. The highest BCUT2D eigenvalue weighted by molar-refractivity contribution is 7.91. The molecule has 7 nitrogen and oxygen atoms in total. The van der Waals surface area contributed by atoms with E-state index in [1.807, 2.05) is 36.2 Å². The first-order chi connectivity index (χ1) is 15.8. The number of likely N-dealkylation sites (N-methyl/N-ethyl adjacent to an activating group) is 1. The molecular formula is C25H25N3O4S. The zero-order valence-electron chi connectivity index (χ0n) is 18.5. The molecule has 0 fully saturated rings. The number of carbonyl (C=O) groups excluding carboxylic acids is 1. The maximum absolute atomic E-state index is 12.7. The Labute approximate surface area is 194 Å². The fourth-order valence-corrected chi connectivity index (χ4v) is 4.13. The van der Waals surface area contributed by atoms with E-state index in [9.17, 15) is 13.2 Å². The predicted octanol–water partition coefficient (Wildman–Crippen LogP) is 5.49. The number of rotatable bonds is 9. The highest BCUT2D eigenvalue weighted by Gasteiger charge is 2.16. The average Bonchev–Trinajstić information content (AvgIpc) is 2.83. The van der Waals surface area contributed by atoms with E-state index >= 15 is 0 Å². The zero-order chi connectivity index (χ0) is 23.8. The van der Waals surface area contributed by atoms with Gasteiger partial charge in [0.25, 0.3) is 0 Å². The van der Waals surface area contributed by atoms with Crippen molar-refractivity contribution in [1.82, 2.24) is 0 Å². The summed E-state index contributed by atoms with van der Waals surface area (Å²) < 4.78 is 30.4. The van der Waals surface area contributed by atoms with Crippen molar-refractivity contribution in [2.24, 2.45) is 10.2 Å². The van der Waals surface area contributed by atoms with Crippen LogP contribution < -0.4 is 4.90 Å². The Hall–Kier alpha value is -3.78. The van der Waals surface area contributed by atoms with Crippen LogP contribution in [0, 0.1) is 0 Å². The van der Waals surface area contributed by atoms with E-state index in [1.165, 1.54) is 12.1 Å². The number of ether oxygens (including phenoxy) is 1. The molecule has 0 atom stereocenters. The number of hydrogen-bond donors (Lipinski definition) is 0. The number of carbonyl (C=O) groups is 1. The molecule has 0 radical (unpaired) electrons. The molecule has 3 aromatic carbocycles. The number of sulfone groups is 1. The molecule has 0 aliphatic rings. The minimum atomic E-state index is -3.56. The number of benzene rings is 3. The molecular weight excluding hydrogens is 438 g/mol. The average molecular weight is 464 g/mol. The minimum absolute atomic E-state index is 0.203. The third kappa shape index (κ3) is 6.36. The van der Waals surface area contributed by atoms with Gasteiger partial charge in [-0.15, -0.1) is 0 Å². The summed E-state index contributed by atoms with van der Waals surface area (Å²) in [5, 5.41) is 8.39. The van der Waals surface area contributed by atoms with E-state index in [1.54, 1.807) is 49.4 Å². The molecule has 0 saturated heterocycles. The first-order valence-corrected chi connectivity index (χ1v) is 11.7. The molecule has 0 N–H and O–H groups in total. The summed E-state index contributed by atoms with van der Waals surface area (Å²) in [6.07, 6.45) is 0. The van der Waals surface area contributed by atoms with Gasteiger partial charge in [0.05, 0.1) is 27.7 Å². The maximum atomic E-state index is 12.7. The summed E-state index contributed by atoms with van der Waals surface area (Å²) in [6, 6.07) is 22.0. The van der Waals surface area contributed by atoms with Crippen LogP contribution in [0.15, 0.2) is 111 Å². The first-order valence-electron chi connectivity index (χ1n) is 10.2. The van der Waals surface area contributed by atoms with Crippen molar-refractivity contribution in [2.75, 3.05) is 25.1 Å². The van der Waals surface area contributed by atoms with Gasteiger partial charge in [0.15, 0.2) is 0 Å². The molecule has 3 aromatic rings. The normalized spacial score (nSPS) is 11.3. The number of esters is 1. The van der Waals surface area contributed by atoms with Gasteiger partial charge in [-0.25, -0.2) is 13.2 Å². The Bertz CT molecular complexity index is 1240. The van der Waals surface area contributed by atoms with E-state index in [0.29, 0.717) is 23.5 Å². The van der Waals surface area contributed by atoms with Crippen LogP contribution in [-0.2, 0) is 19.4 Å². The number of nitrogens with zero attached hydrogens (tertiary/aromatic N) is 3. The van der Waals surface area contributed by atoms with Crippen molar-refractivity contribution in [3.8, 4) is 0 Å². The van der Waals surface area contributed by atoms with Crippen LogP contribution in [0.5, 0.6) is 0 Å². The molecule has 0 spiro atoms. The zero-order valence-corrected chi connectivity index (χ0v) is 19.3. The second kappa shape index (κ2) is 10.7. The number of azo groups is 1. The molecule has 3 rings (SSSR count). The summed E-state index contributed by atoms with van der Waals surface area (Å²) in [7, 11) is -1.66. The minimum Gasteiger partial charge on any atom is -0.460 e. The molecule has 0 aliphatic carbocycles. The van der Waals surface area contributed by atoms with Gasteiger partial charge in [0.1, 0.15) is 6.61 Å². The molecule has 0 aliphatic heterocycles. The third-order valence-electron chi connectivity index (χ3n) is 4.78. The van der Waals surface area contributed by atoms with Crippen molar-refractivity contribution in [1.29, 1.82) is 0 Å². The standard InChI is InChI=1S/C25H25N3O4S/c1-19(2)25(29)32-18-17-28(3)22-13-9-20(10-14-22)26-27-21-11-15-24(16-12-21)33(30,31)23-7-5-4-6-8-23/h4-16H,1,17-18H2,2-3H3/b27-26+. The lowest BCUT2D eigenvalue weighted by Gasteiger charge is -2.19. The van der Waals surface area contributed by atoms with Crippen LogP contribution in [0.25, 0.3) is 0 Å². The second-order valence-corrected chi connectivity index (χ2v) is 9.31. The first kappa shape index (κ1) is 23.9. The lowest BCUT2D eigenvalue weighted by Crippen LogP contribution is -2.23. The van der Waals surface area contributed by atoms with Crippen LogP contribution in [-0.4, -0.2) is 34.6 Å². The monoisotopic (exact) mass is 463 g/mol. The molecule has 8 heteroatoms. The Morgan fingerprint density at radius 1 is 0.879 bits per heavy atom. The lowest BCUT2D eigenvalue weighted by atomic mass is 10.2. The Balaban J connectivity index is 1.60. The fourth-order valence-electron chi connectivity index (χ4n) is 2.84. The molecule has 0 unspecified atom stereocenters. The second-order valence-electron chi connectivity index (χ2n) is 7.36. The van der Waals surface area contributed by atoms with Crippen LogP contribution in [0.1, 0.15) is 6.92 Å². The van der Waals surface area contributed by atoms with Crippen molar-refractivity contribution < 1.29 is 17.9 Å². The van der Waals surface area contributed by atoms with Gasteiger partial charge >= 0.3 is 5.97 Å². The van der Waals surface area contributed by atoms with Crippen molar-refractivity contribution in [3.63, 3.8) is 0 Å². The summed E-state index contributed by atoms with van der Waals surface area (Å²) in [4.78, 5) is 13.8. The van der Waals surface area contributed by atoms with Gasteiger partial charge in [-0.05, 0) is 67.6 Å². The topological polar surface area (TPSA) is 88.4 Å². The highest BCUT2D eigenvalue weighted by Crippen LogP contribution is 2.25. The molecule has 0 bridgehead atoms. The Morgan fingerprint density at radius 2 is 1.39 bits per heavy atom.